The summed E-state index contributed by atoms with van der Waals surface area (Å²) in [7, 11) is 0. The number of aliphatic hydroxyl groups is 2. The lowest BCUT2D eigenvalue weighted by molar-refractivity contribution is -0.143. The van der Waals surface area contributed by atoms with Crippen LogP contribution in [0, 0.1) is 18.8 Å². The number of aromatic nitrogens is 7. The van der Waals surface area contributed by atoms with Gasteiger partial charge in [-0.3, -0.25) is 33.6 Å². The first-order valence-corrected chi connectivity index (χ1v) is 35.3. The molecule has 1 saturated carbocycles. The van der Waals surface area contributed by atoms with Crippen molar-refractivity contribution in [3.8, 4) is 49.1 Å². The van der Waals surface area contributed by atoms with E-state index < -0.39 is 96.0 Å². The summed E-state index contributed by atoms with van der Waals surface area (Å²) in [4.78, 5) is 132. The molecule has 92 heavy (non-hydrogen) atoms. The number of carbonyl (C=O) groups excluding carboxylic acids is 6. The maximum Gasteiger partial charge on any atom is 0.306 e. The molecule has 7 atom stereocenters. The van der Waals surface area contributed by atoms with Crippen molar-refractivity contribution >= 4 is 141 Å². The van der Waals surface area contributed by atoms with E-state index in [2.05, 4.69) is 68.1 Å². The second-order valence-electron chi connectivity index (χ2n) is 22.2. The maximum absolute atomic E-state index is 15.3. The molecule has 9 heterocycles. The molecule has 9 aromatic rings. The van der Waals surface area contributed by atoms with E-state index in [-0.39, 0.29) is 57.5 Å². The number of nitrogens with zero attached hydrogens (tertiary/aromatic N) is 8. The second kappa shape index (κ2) is 27.1. The van der Waals surface area contributed by atoms with Gasteiger partial charge in [0, 0.05) is 62.3 Å². The van der Waals surface area contributed by atoms with Crippen molar-refractivity contribution in [2.45, 2.75) is 94.8 Å². The van der Waals surface area contributed by atoms with Gasteiger partial charge in [-0.2, -0.15) is 0 Å². The predicted molar refractivity (Wildman–Crippen MR) is 352 cm³/mol. The van der Waals surface area contributed by atoms with Crippen molar-refractivity contribution in [3.05, 3.63) is 144 Å². The molecule has 1 aliphatic carbocycles. The number of pyridine rings is 1. The van der Waals surface area contributed by atoms with Crippen LogP contribution in [0.4, 0.5) is 0 Å². The van der Waals surface area contributed by atoms with Gasteiger partial charge >= 0.3 is 5.97 Å². The zero-order valence-corrected chi connectivity index (χ0v) is 56.3. The Morgan fingerprint density at radius 1 is 0.707 bits per heavy atom. The average Bonchev–Trinajstić information content (AvgIpc) is 1.61. The van der Waals surface area contributed by atoms with E-state index in [1.54, 1.807) is 77.7 Å². The third-order valence-electron chi connectivity index (χ3n) is 16.0. The second-order valence-corrected chi connectivity index (χ2v) is 29.5. The lowest BCUT2D eigenvalue weighted by Crippen LogP contribution is -2.50. The summed E-state index contributed by atoms with van der Waals surface area (Å²) >= 11 is 13.6. The van der Waals surface area contributed by atoms with Crippen LogP contribution in [0.25, 0.3) is 43.4 Å². The fourth-order valence-corrected chi connectivity index (χ4v) is 17.7. The Balaban J connectivity index is 0.938. The number of nitrogens with one attached hydrogen (secondary N) is 4. The van der Waals surface area contributed by atoms with Crippen LogP contribution in [-0.4, -0.2) is 126 Å². The molecule has 0 radical (unpaired) electrons. The first-order valence-electron chi connectivity index (χ1n) is 28.5. The Labute approximate surface area is 564 Å². The van der Waals surface area contributed by atoms with E-state index in [1.807, 2.05) is 6.92 Å². The van der Waals surface area contributed by atoms with Gasteiger partial charge in [-0.25, -0.2) is 34.9 Å². The number of aromatic hydroxyl groups is 1. The number of aliphatic hydroxyl groups excluding tert-OH is 2. The molecule has 7 aromatic heterocycles. The third-order valence-corrected chi connectivity index (χ3v) is 22.7. The van der Waals surface area contributed by atoms with Gasteiger partial charge in [-0.05, 0) is 99.9 Å². The summed E-state index contributed by atoms with van der Waals surface area (Å²) in [5.41, 5.74) is 8.58. The zero-order chi connectivity index (χ0) is 64.8. The number of carboxylic acid groups (broad SMARTS) is 1. The topological polar surface area (TPSA) is 368 Å². The zero-order valence-electron chi connectivity index (χ0n) is 48.2. The number of amides is 6. The van der Waals surface area contributed by atoms with Gasteiger partial charge in [0.25, 0.3) is 23.6 Å². The fraction of sp³-hybridized carbons (Fsp3) is 0.300. The van der Waals surface area contributed by atoms with E-state index in [9.17, 15) is 49.2 Å². The van der Waals surface area contributed by atoms with Crippen molar-refractivity contribution in [2.75, 3.05) is 6.54 Å². The van der Waals surface area contributed by atoms with Crippen molar-refractivity contribution in [2.24, 2.45) is 17.6 Å². The number of carbonyl (C=O) groups is 7. The minimum atomic E-state index is -1.43. The number of aliphatic carboxylic acids is 1. The lowest BCUT2D eigenvalue weighted by Gasteiger charge is -2.29. The van der Waals surface area contributed by atoms with Gasteiger partial charge in [-0.15, -0.1) is 68.0 Å². The summed E-state index contributed by atoms with van der Waals surface area (Å²) in [5.74, 6) is -5.91. The number of fused-ring (bicyclic) bond motifs is 16. The highest BCUT2D eigenvalue weighted by Gasteiger charge is 2.46. The molecule has 1 saturated heterocycles. The number of hydrogen-bond donors (Lipinski definition) is 9. The molecule has 0 spiro atoms. The normalized spacial score (nSPS) is 21.6. The summed E-state index contributed by atoms with van der Waals surface area (Å²) in [6.45, 7) is 3.32. The quantitative estimate of drug-likeness (QED) is 0.0616. The highest BCUT2D eigenvalue weighted by Crippen LogP contribution is 2.44. The molecular formula is C60H53Br2N13O11S6. The first-order chi connectivity index (χ1) is 44.1. The molecule has 0 unspecified atom stereocenters. The number of primary amides is 1. The highest BCUT2D eigenvalue weighted by molar-refractivity contribution is 9.11. The summed E-state index contributed by atoms with van der Waals surface area (Å²) in [6.07, 6.45) is -1.01. The summed E-state index contributed by atoms with van der Waals surface area (Å²) in [5, 5.41) is 65.5. The molecule has 2 aliphatic heterocycles. The van der Waals surface area contributed by atoms with Gasteiger partial charge < -0.3 is 52.3 Å². The van der Waals surface area contributed by atoms with Gasteiger partial charge in [0.1, 0.15) is 93.8 Å². The molecular weight excluding hydrogens is 1430 g/mol. The van der Waals surface area contributed by atoms with Crippen LogP contribution in [-0.2, 0) is 20.8 Å². The lowest BCUT2D eigenvalue weighted by atomic mass is 9.86. The van der Waals surface area contributed by atoms with Gasteiger partial charge in [0.05, 0.1) is 45.2 Å². The minimum absolute atomic E-state index is 0.0356. The van der Waals surface area contributed by atoms with Crippen molar-refractivity contribution in [1.82, 2.24) is 61.1 Å². The predicted octanol–water partition coefficient (Wildman–Crippen LogP) is 9.19. The molecule has 10 N–H and O–H groups in total. The number of hydrogen-bond acceptors (Lipinski definition) is 23. The molecule has 474 valence electrons. The number of thiazole rings is 6. The Hall–Kier alpha value is -7.66. The number of aryl methyl sites for hydroxylation is 1. The van der Waals surface area contributed by atoms with Crippen molar-refractivity contribution in [3.63, 3.8) is 0 Å². The average molecular weight is 1480 g/mol. The summed E-state index contributed by atoms with van der Waals surface area (Å²) < 4.78 is 0.639. The van der Waals surface area contributed by atoms with E-state index in [0.29, 0.717) is 99.0 Å². The van der Waals surface area contributed by atoms with Crippen LogP contribution in [0.1, 0.15) is 136 Å². The number of phenolic OH excluding ortho intramolecular Hbond substituents is 1. The Kier molecular flexibility index (Phi) is 19.0. The Bertz CT molecular complexity index is 4330. The smallest absolute Gasteiger partial charge is 0.306 e. The van der Waals surface area contributed by atoms with E-state index in [1.165, 1.54) is 49.7 Å². The molecule has 32 heteroatoms. The van der Waals surface area contributed by atoms with Crippen LogP contribution in [0.2, 0.25) is 0 Å². The number of halogens is 2. The molecule has 3 aliphatic rings. The van der Waals surface area contributed by atoms with Crippen LogP contribution in [0.15, 0.2) is 90.4 Å². The Morgan fingerprint density at radius 2 is 1.34 bits per heavy atom. The monoisotopic (exact) mass is 1480 g/mol. The molecule has 2 aromatic carbocycles. The number of phenols is 1. The summed E-state index contributed by atoms with van der Waals surface area (Å²) in [6, 6.07) is 10.5. The molecule has 10 bridgehead atoms. The number of rotatable bonds is 10. The first kappa shape index (κ1) is 64.4. The van der Waals surface area contributed by atoms with E-state index in [0.717, 1.165) is 34.0 Å². The number of carboxylic acids is 1. The molecule has 12 rings (SSSR count). The van der Waals surface area contributed by atoms with E-state index >= 15 is 4.79 Å². The van der Waals surface area contributed by atoms with Crippen LogP contribution >= 0.6 is 99.9 Å². The highest BCUT2D eigenvalue weighted by atomic mass is 79.9. The van der Waals surface area contributed by atoms with Crippen molar-refractivity contribution in [1.29, 1.82) is 0 Å². The van der Waals surface area contributed by atoms with Gasteiger partial charge in [0.2, 0.25) is 11.8 Å². The Morgan fingerprint density at radius 3 is 2.07 bits per heavy atom. The number of nitrogens with two attached hydrogens (primary N) is 1. The van der Waals surface area contributed by atoms with Gasteiger partial charge in [-0.1, -0.05) is 37.3 Å². The standard InChI is InChI=1S/C60H53Br2N13O11S6/c1-24-41(76)18-75-46(24)58-72-40(23-91-58)55-68-36(19-88-55)44-30(12-13-33(65-44)54-70-37(21-89-54)49(80)64-29-10-8-28(9-11-29)60(85)86)53-69-38(20-87-53)50(81)66-34(17-42(63)77)56-74-43(25(2)92-56)52(83)73-45(47(78)27-6-4-3-5-7-27)57-71-39(22-90-57)51(82)67-35(59(75)84)16-26-14-31(61)48(79)32(62)15-26/h3-7,12-15,19-24,28-29,34-35,41,45-47,76,78-79H,8-11,16-18H2,1-2H3,(H2,63,77)(H,64,80)(H,66,81)(H,67,82)(H,73,83)(H,85,86)/t24-,28-,29-,34-,35-,41-,45-,46-,47+/m0/s1. The van der Waals surface area contributed by atoms with Crippen LogP contribution in [0.3, 0.4) is 0 Å². The minimum Gasteiger partial charge on any atom is -0.506 e. The molecule has 2 fully saturated rings. The van der Waals surface area contributed by atoms with Crippen molar-refractivity contribution < 1.29 is 54.0 Å². The van der Waals surface area contributed by atoms with Crippen LogP contribution in [0.5, 0.6) is 5.75 Å². The van der Waals surface area contributed by atoms with Gasteiger partial charge in [0.15, 0.2) is 0 Å². The fourth-order valence-electron chi connectivity index (χ4n) is 11.1. The SMILES string of the molecule is Cc1sc2nc1C(=O)N[C@@H]([C@H](O)c1ccccc1)c1nc(cs1)C(=O)N[C@@H](Cc1cc(Br)c(O)c(Br)c1)C(=O)N1C[C@H](O)[C@H](C)[C@H]1c1nc(cs1)-c1nc(cs1)-c1nc(-c3nc(C(=O)N[C@H]4CC[C@H](C(=O)O)CC4)cs3)ccc1-c1nc(cs1)C(=O)N[C@H]2CC(N)=O. The van der Waals surface area contributed by atoms with Crippen LogP contribution < -0.4 is 27.0 Å². The largest absolute Gasteiger partial charge is 0.506 e. The van der Waals surface area contributed by atoms with E-state index in [4.69, 9.17) is 25.7 Å². The molecule has 6 amide bonds. The maximum atomic E-state index is 15.3. The number of benzene rings is 2. The third kappa shape index (κ3) is 13.6. The molecule has 24 nitrogen and oxygen atoms in total.